The van der Waals surface area contributed by atoms with Crippen LogP contribution in [0.25, 0.3) is 0 Å². The molecule has 0 N–H and O–H groups in total. The Labute approximate surface area is 268 Å². The smallest absolute Gasteiger partial charge is 0.274 e. The summed E-state index contributed by atoms with van der Waals surface area (Å²) < 4.78 is -2.16. The van der Waals surface area contributed by atoms with Crippen LogP contribution in [0.15, 0.2) is 46.5 Å². The van der Waals surface area contributed by atoms with Gasteiger partial charge in [-0.05, 0) is 49.2 Å². The van der Waals surface area contributed by atoms with Crippen molar-refractivity contribution in [2.24, 2.45) is 11.8 Å². The number of nitrogens with zero attached hydrogens (tertiary/aromatic N) is 2. The lowest BCUT2D eigenvalue weighted by molar-refractivity contribution is -0.154. The van der Waals surface area contributed by atoms with Gasteiger partial charge in [-0.1, -0.05) is 81.7 Å². The molecule has 40 heavy (non-hydrogen) atoms. The van der Waals surface area contributed by atoms with Crippen LogP contribution in [-0.2, 0) is 9.59 Å². The summed E-state index contributed by atoms with van der Waals surface area (Å²) in [5.41, 5.74) is 1.89. The fraction of sp³-hybridized carbons (Fsp3) is 0.308. The number of fused-ring (bicyclic) bond motifs is 5. The molecule has 2 bridgehead atoms. The molecule has 0 radical (unpaired) electrons. The second-order valence-corrected chi connectivity index (χ2v) is 13.9. The molecule has 6 nitrogen and oxygen atoms in total. The third-order valence-corrected chi connectivity index (χ3v) is 12.5. The van der Waals surface area contributed by atoms with Gasteiger partial charge in [0.25, 0.3) is 17.7 Å². The van der Waals surface area contributed by atoms with Crippen LogP contribution in [-0.4, -0.2) is 54.1 Å². The summed E-state index contributed by atoms with van der Waals surface area (Å²) in [5.74, 6) is -6.50. The molecule has 1 aliphatic heterocycles. The standard InChI is InChI=1S/C26H16Cl8N2O4/c1-10-3-4-12(7-11(10)2)16(37)9-35(21(38)14-6-5-13(27)8-15(14)28)36-22(39)17-18(23(36)40)25(32)20(30)19(29)24(17,31)26(25,33)34/h3-8,17-18H,9H2,1-2H3/t17-,18-,24+,25+/m0/s1. The third-order valence-electron chi connectivity index (χ3n) is 7.65. The van der Waals surface area contributed by atoms with Gasteiger partial charge in [-0.2, -0.15) is 5.01 Å². The molecule has 14 heteroatoms. The number of Topliss-reactive ketones (excluding diaryl/α,β-unsaturated/α-hetero) is 1. The predicted molar refractivity (Wildman–Crippen MR) is 157 cm³/mol. The van der Waals surface area contributed by atoms with Gasteiger partial charge in [0.15, 0.2) is 10.1 Å². The monoisotopic (exact) mass is 700 g/mol. The number of hydrogen-bond donors (Lipinski definition) is 0. The van der Waals surface area contributed by atoms with Crippen LogP contribution < -0.4 is 0 Å². The van der Waals surface area contributed by atoms with E-state index < -0.39 is 56.0 Å². The van der Waals surface area contributed by atoms with Gasteiger partial charge < -0.3 is 0 Å². The first-order valence-corrected chi connectivity index (χ1v) is 14.6. The highest BCUT2D eigenvalue weighted by Gasteiger charge is 2.88. The van der Waals surface area contributed by atoms with Crippen molar-refractivity contribution < 1.29 is 19.2 Å². The average Bonchev–Trinajstić information content (AvgIpc) is 3.27. The van der Waals surface area contributed by atoms with Gasteiger partial charge in [0.2, 0.25) is 0 Å². The normalized spacial score (nSPS) is 28.4. The molecule has 0 unspecified atom stereocenters. The number of carbonyl (C=O) groups is 4. The van der Waals surface area contributed by atoms with E-state index in [1.807, 2.05) is 13.8 Å². The Hall–Kier alpha value is -1.22. The number of hydrazine groups is 1. The van der Waals surface area contributed by atoms with Crippen LogP contribution in [0.2, 0.25) is 10.0 Å². The number of alkyl halides is 4. The van der Waals surface area contributed by atoms with E-state index >= 15 is 0 Å². The Morgan fingerprint density at radius 3 is 1.88 bits per heavy atom. The van der Waals surface area contributed by atoms with E-state index in [-0.39, 0.29) is 31.2 Å². The van der Waals surface area contributed by atoms with E-state index in [9.17, 15) is 19.2 Å². The van der Waals surface area contributed by atoms with Crippen molar-refractivity contribution in [3.05, 3.63) is 78.8 Å². The lowest BCUT2D eigenvalue weighted by Crippen LogP contribution is -2.56. The zero-order valence-corrected chi connectivity index (χ0v) is 26.4. The first-order chi connectivity index (χ1) is 18.5. The zero-order chi connectivity index (χ0) is 29.7. The lowest BCUT2D eigenvalue weighted by Gasteiger charge is -2.37. The highest BCUT2D eigenvalue weighted by molar-refractivity contribution is 6.66. The van der Waals surface area contributed by atoms with E-state index in [1.165, 1.54) is 18.2 Å². The minimum Gasteiger partial charge on any atom is -0.292 e. The molecule has 4 atom stereocenters. The quantitative estimate of drug-likeness (QED) is 0.186. The number of ketones is 1. The summed E-state index contributed by atoms with van der Waals surface area (Å²) in [6, 6.07) is 8.96. The number of amides is 3. The first kappa shape index (κ1) is 30.2. The highest BCUT2D eigenvalue weighted by atomic mass is 35.5. The Balaban J connectivity index is 1.62. The molecule has 210 valence electrons. The van der Waals surface area contributed by atoms with Crippen molar-refractivity contribution in [3.8, 4) is 0 Å². The van der Waals surface area contributed by atoms with Gasteiger partial charge in [-0.25, -0.2) is 5.01 Å². The van der Waals surface area contributed by atoms with Crippen LogP contribution in [0.1, 0.15) is 31.8 Å². The maximum absolute atomic E-state index is 14.0. The maximum Gasteiger partial charge on any atom is 0.274 e. The second kappa shape index (κ2) is 9.92. The molecule has 0 aromatic heterocycles. The third kappa shape index (κ3) is 3.84. The molecule has 5 rings (SSSR count). The molecular formula is C26H16Cl8N2O4. The van der Waals surface area contributed by atoms with E-state index in [0.29, 0.717) is 10.0 Å². The van der Waals surface area contributed by atoms with Gasteiger partial charge >= 0.3 is 0 Å². The lowest BCUT2D eigenvalue weighted by atomic mass is 9.84. The summed E-state index contributed by atoms with van der Waals surface area (Å²) in [5, 5.41) is 0.814. The summed E-state index contributed by atoms with van der Waals surface area (Å²) in [6.45, 7) is 2.97. The minimum absolute atomic E-state index is 0.0728. The van der Waals surface area contributed by atoms with Gasteiger partial charge in [0.05, 0.1) is 32.5 Å². The number of aryl methyl sites for hydroxylation is 2. The number of benzene rings is 2. The summed E-state index contributed by atoms with van der Waals surface area (Å²) >= 11 is 51.7. The van der Waals surface area contributed by atoms with Gasteiger partial charge in [-0.3, -0.25) is 19.2 Å². The molecule has 1 saturated carbocycles. The molecule has 0 spiro atoms. The van der Waals surface area contributed by atoms with Crippen molar-refractivity contribution in [1.82, 2.24) is 10.0 Å². The molecule has 2 fully saturated rings. The topological polar surface area (TPSA) is 74.8 Å². The highest BCUT2D eigenvalue weighted by Crippen LogP contribution is 2.77. The Morgan fingerprint density at radius 2 is 1.38 bits per heavy atom. The van der Waals surface area contributed by atoms with E-state index in [0.717, 1.165) is 11.1 Å². The number of rotatable bonds is 5. The van der Waals surface area contributed by atoms with Crippen LogP contribution in [0, 0.1) is 25.7 Å². The van der Waals surface area contributed by atoms with Crippen molar-refractivity contribution in [1.29, 1.82) is 0 Å². The largest absolute Gasteiger partial charge is 0.292 e. The van der Waals surface area contributed by atoms with Crippen LogP contribution in [0.5, 0.6) is 0 Å². The van der Waals surface area contributed by atoms with Crippen LogP contribution in [0.3, 0.4) is 0 Å². The molecular weight excluding hydrogens is 688 g/mol. The minimum atomic E-state index is -2.16. The number of carbonyl (C=O) groups excluding carboxylic acids is 4. The SMILES string of the molecule is Cc1ccc(C(=O)CN(C(=O)c2ccc(Cl)cc2Cl)N2C(=O)[C@@H]3[C@@H](C2=O)[C@@]2(Cl)C(Cl)=C(Cl)[C@@]3(Cl)C2(Cl)Cl)cc1C. The summed E-state index contributed by atoms with van der Waals surface area (Å²) in [7, 11) is 0. The van der Waals surface area contributed by atoms with Crippen molar-refractivity contribution in [2.75, 3.05) is 6.54 Å². The molecule has 2 aromatic rings. The zero-order valence-electron chi connectivity index (χ0n) is 20.4. The van der Waals surface area contributed by atoms with E-state index in [2.05, 4.69) is 0 Å². The number of imide groups is 1. The van der Waals surface area contributed by atoms with E-state index in [1.54, 1.807) is 18.2 Å². The summed E-state index contributed by atoms with van der Waals surface area (Å²) in [6.07, 6.45) is 0. The fourth-order valence-electron chi connectivity index (χ4n) is 5.40. The van der Waals surface area contributed by atoms with Crippen molar-refractivity contribution in [2.45, 2.75) is 27.9 Å². The van der Waals surface area contributed by atoms with Gasteiger partial charge in [-0.15, -0.1) is 23.2 Å². The Morgan fingerprint density at radius 1 is 0.825 bits per heavy atom. The Bertz CT molecular complexity index is 1530. The van der Waals surface area contributed by atoms with Gasteiger partial charge in [0.1, 0.15) is 16.3 Å². The fourth-order valence-corrected chi connectivity index (χ4v) is 8.81. The van der Waals surface area contributed by atoms with Crippen molar-refractivity contribution in [3.63, 3.8) is 0 Å². The molecule has 2 aromatic carbocycles. The molecule has 2 aliphatic carbocycles. The van der Waals surface area contributed by atoms with Crippen LogP contribution >= 0.6 is 92.8 Å². The molecule has 1 heterocycles. The molecule has 1 saturated heterocycles. The number of allylic oxidation sites excluding steroid dienone is 2. The Kier molecular flexibility index (Phi) is 7.50. The van der Waals surface area contributed by atoms with Gasteiger partial charge in [0, 0.05) is 10.6 Å². The first-order valence-electron chi connectivity index (χ1n) is 11.6. The summed E-state index contributed by atoms with van der Waals surface area (Å²) in [4.78, 5) is 51.1. The number of halogens is 8. The average molecular weight is 704 g/mol. The van der Waals surface area contributed by atoms with Crippen molar-refractivity contribution >= 4 is 116 Å². The second-order valence-electron chi connectivity index (χ2n) is 9.78. The molecule has 3 amide bonds. The predicted octanol–water partition coefficient (Wildman–Crippen LogP) is 7.30. The van der Waals surface area contributed by atoms with E-state index in [4.69, 9.17) is 92.8 Å². The molecule has 3 aliphatic rings. The number of hydrogen-bond acceptors (Lipinski definition) is 4. The maximum atomic E-state index is 14.0. The van der Waals surface area contributed by atoms with Crippen LogP contribution in [0.4, 0.5) is 0 Å².